The Morgan fingerprint density at radius 3 is 2.33 bits per heavy atom. The quantitative estimate of drug-likeness (QED) is 0.524. The lowest BCUT2D eigenvalue weighted by atomic mass is 9.86. The molecule has 6 heteroatoms. The molecule has 1 amide bonds. The maximum atomic E-state index is 12.7. The zero-order chi connectivity index (χ0) is 24.4. The van der Waals surface area contributed by atoms with E-state index in [1.54, 1.807) is 0 Å². The lowest BCUT2D eigenvalue weighted by Gasteiger charge is -2.57. The largest absolute Gasteiger partial charge is 0.366 e. The van der Waals surface area contributed by atoms with Crippen LogP contribution in [0.25, 0.3) is 16.6 Å². The zero-order valence-electron chi connectivity index (χ0n) is 21.5. The molecule has 2 aromatic heterocycles. The SMILES string of the molecule is CC(C)N1CCC(c2ccc(-c3cc4c(N5CC6CC(C5)N6C(=O)C5CC5)ccnn4c3)cc2)CC1. The summed E-state index contributed by atoms with van der Waals surface area (Å²) in [5.74, 6) is 1.41. The molecule has 3 aromatic rings. The van der Waals surface area contributed by atoms with E-state index < -0.39 is 0 Å². The van der Waals surface area contributed by atoms with Crippen LogP contribution in [0.2, 0.25) is 0 Å². The molecule has 0 radical (unpaired) electrons. The molecule has 1 saturated carbocycles. The standard InChI is InChI=1S/C30H37N5O/c1-20(2)32-13-10-23(11-14-32)21-3-5-22(6-4-21)25-15-29-28(9-12-31-34(29)17-25)33-18-26-16-27(19-33)35(26)30(36)24-7-8-24/h3-6,9,12,15,17,20,23-24,26-27H,7-8,10-11,13-14,16,18-19H2,1-2H3. The van der Waals surface area contributed by atoms with Gasteiger partial charge >= 0.3 is 0 Å². The molecule has 188 valence electrons. The van der Waals surface area contributed by atoms with Crippen molar-refractivity contribution in [1.29, 1.82) is 0 Å². The van der Waals surface area contributed by atoms with E-state index in [4.69, 9.17) is 0 Å². The van der Waals surface area contributed by atoms with E-state index in [1.807, 2.05) is 10.7 Å². The van der Waals surface area contributed by atoms with Crippen LogP contribution < -0.4 is 4.90 Å². The molecular weight excluding hydrogens is 446 g/mol. The van der Waals surface area contributed by atoms with Gasteiger partial charge in [0.1, 0.15) is 0 Å². The van der Waals surface area contributed by atoms with E-state index in [2.05, 4.69) is 76.2 Å². The number of hydrogen-bond donors (Lipinski definition) is 0. The first kappa shape index (κ1) is 22.3. The summed E-state index contributed by atoms with van der Waals surface area (Å²) in [6, 6.07) is 15.1. The Labute approximate surface area is 213 Å². The molecule has 2 unspecified atom stereocenters. The summed E-state index contributed by atoms with van der Waals surface area (Å²) in [4.78, 5) is 19.9. The fourth-order valence-corrected chi connectivity index (χ4v) is 6.83. The van der Waals surface area contributed by atoms with E-state index in [0.29, 0.717) is 35.9 Å². The highest BCUT2D eigenvalue weighted by atomic mass is 16.2. The summed E-state index contributed by atoms with van der Waals surface area (Å²) >= 11 is 0. The molecule has 0 N–H and O–H groups in total. The summed E-state index contributed by atoms with van der Waals surface area (Å²) in [5, 5.41) is 4.62. The number of hydrogen-bond acceptors (Lipinski definition) is 4. The molecular formula is C30H37N5O. The van der Waals surface area contributed by atoms with Gasteiger partial charge in [-0.15, -0.1) is 0 Å². The second kappa shape index (κ2) is 8.62. The fraction of sp³-hybridized carbons (Fsp3) is 0.533. The lowest BCUT2D eigenvalue weighted by molar-refractivity contribution is -0.147. The number of fused-ring (bicyclic) bond motifs is 3. The van der Waals surface area contributed by atoms with E-state index in [1.165, 1.54) is 48.3 Å². The highest BCUT2D eigenvalue weighted by Crippen LogP contribution is 2.41. The summed E-state index contributed by atoms with van der Waals surface area (Å²) < 4.78 is 2.02. The minimum absolute atomic E-state index is 0.321. The van der Waals surface area contributed by atoms with Crippen molar-refractivity contribution in [3.8, 4) is 11.1 Å². The van der Waals surface area contributed by atoms with Crippen LogP contribution in [-0.4, -0.2) is 69.6 Å². The van der Waals surface area contributed by atoms with Gasteiger partial charge in [-0.2, -0.15) is 5.10 Å². The van der Waals surface area contributed by atoms with Crippen molar-refractivity contribution in [2.75, 3.05) is 31.1 Å². The van der Waals surface area contributed by atoms with Crippen molar-refractivity contribution in [3.63, 3.8) is 0 Å². The smallest absolute Gasteiger partial charge is 0.226 e. The predicted molar refractivity (Wildman–Crippen MR) is 143 cm³/mol. The summed E-state index contributed by atoms with van der Waals surface area (Å²) in [6.45, 7) is 8.87. The Kier molecular flexibility index (Phi) is 5.35. The van der Waals surface area contributed by atoms with Crippen molar-refractivity contribution in [1.82, 2.24) is 19.4 Å². The van der Waals surface area contributed by atoms with Gasteiger partial charge in [0.15, 0.2) is 0 Å². The number of piperazine rings is 1. The van der Waals surface area contributed by atoms with Gasteiger partial charge in [-0.05, 0) is 88.2 Å². The molecule has 4 aliphatic heterocycles. The van der Waals surface area contributed by atoms with Crippen LogP contribution in [0.4, 0.5) is 5.69 Å². The number of likely N-dealkylation sites (tertiary alicyclic amines) is 1. The first-order valence-corrected chi connectivity index (χ1v) is 13.9. The van der Waals surface area contributed by atoms with E-state index in [9.17, 15) is 4.79 Å². The van der Waals surface area contributed by atoms with Crippen LogP contribution in [0.15, 0.2) is 48.8 Å². The number of anilines is 1. The summed E-state index contributed by atoms with van der Waals surface area (Å²) in [7, 11) is 0. The van der Waals surface area contributed by atoms with Crippen LogP contribution in [-0.2, 0) is 4.79 Å². The average Bonchev–Trinajstić information content (AvgIpc) is 3.67. The van der Waals surface area contributed by atoms with Gasteiger partial charge in [0.2, 0.25) is 5.91 Å². The molecule has 5 fully saturated rings. The summed E-state index contributed by atoms with van der Waals surface area (Å²) in [6.07, 6.45) is 9.91. The van der Waals surface area contributed by atoms with Gasteiger partial charge in [-0.3, -0.25) is 4.79 Å². The maximum Gasteiger partial charge on any atom is 0.226 e. The third-order valence-electron chi connectivity index (χ3n) is 9.18. The fourth-order valence-electron chi connectivity index (χ4n) is 6.83. The first-order valence-electron chi connectivity index (χ1n) is 13.9. The third kappa shape index (κ3) is 3.81. The van der Waals surface area contributed by atoms with Crippen LogP contribution in [0.5, 0.6) is 0 Å². The highest BCUT2D eigenvalue weighted by molar-refractivity contribution is 5.84. The molecule has 2 atom stereocenters. The molecule has 8 rings (SSSR count). The maximum absolute atomic E-state index is 12.7. The van der Waals surface area contributed by atoms with Gasteiger partial charge < -0.3 is 14.7 Å². The van der Waals surface area contributed by atoms with Gasteiger partial charge in [0.05, 0.1) is 23.3 Å². The Bertz CT molecular complexity index is 1260. The molecule has 2 bridgehead atoms. The van der Waals surface area contributed by atoms with Crippen LogP contribution in [0.1, 0.15) is 57.4 Å². The predicted octanol–water partition coefficient (Wildman–Crippen LogP) is 4.79. The number of piperidine rings is 2. The molecule has 6 nitrogen and oxygen atoms in total. The molecule has 4 saturated heterocycles. The Morgan fingerprint density at radius 1 is 0.944 bits per heavy atom. The van der Waals surface area contributed by atoms with E-state index >= 15 is 0 Å². The van der Waals surface area contributed by atoms with Gasteiger partial charge in [-0.1, -0.05) is 24.3 Å². The minimum atomic E-state index is 0.321. The Morgan fingerprint density at radius 2 is 1.67 bits per heavy atom. The zero-order valence-corrected chi connectivity index (χ0v) is 21.5. The van der Waals surface area contributed by atoms with E-state index in [0.717, 1.165) is 37.9 Å². The first-order chi connectivity index (χ1) is 17.5. The molecule has 5 aliphatic rings. The second-order valence-electron chi connectivity index (χ2n) is 11.8. The number of carbonyl (C=O) groups is 1. The number of aromatic nitrogens is 2. The molecule has 1 aromatic carbocycles. The molecule has 6 heterocycles. The van der Waals surface area contributed by atoms with Crippen LogP contribution >= 0.6 is 0 Å². The van der Waals surface area contributed by atoms with Crippen molar-refractivity contribution >= 4 is 17.1 Å². The van der Waals surface area contributed by atoms with Gasteiger partial charge in [0.25, 0.3) is 0 Å². The average molecular weight is 484 g/mol. The second-order valence-corrected chi connectivity index (χ2v) is 11.8. The topological polar surface area (TPSA) is 44.1 Å². The third-order valence-corrected chi connectivity index (χ3v) is 9.18. The van der Waals surface area contributed by atoms with Gasteiger partial charge in [-0.25, -0.2) is 4.52 Å². The Balaban J connectivity index is 1.08. The van der Waals surface area contributed by atoms with Crippen molar-refractivity contribution < 1.29 is 4.79 Å². The van der Waals surface area contributed by atoms with Crippen LogP contribution in [0, 0.1) is 5.92 Å². The molecule has 36 heavy (non-hydrogen) atoms. The highest BCUT2D eigenvalue weighted by Gasteiger charge is 2.50. The molecule has 0 spiro atoms. The van der Waals surface area contributed by atoms with Crippen molar-refractivity contribution in [2.24, 2.45) is 5.92 Å². The van der Waals surface area contributed by atoms with Crippen molar-refractivity contribution in [2.45, 2.75) is 70.0 Å². The lowest BCUT2D eigenvalue weighted by Crippen LogP contribution is -2.70. The normalized spacial score (nSPS) is 25.0. The number of rotatable bonds is 5. The summed E-state index contributed by atoms with van der Waals surface area (Å²) in [5.41, 5.74) is 6.32. The van der Waals surface area contributed by atoms with Crippen LogP contribution in [0.3, 0.4) is 0 Å². The number of benzene rings is 1. The Hall–Kier alpha value is -2.86. The minimum Gasteiger partial charge on any atom is -0.366 e. The number of amides is 1. The van der Waals surface area contributed by atoms with E-state index in [-0.39, 0.29) is 0 Å². The van der Waals surface area contributed by atoms with Crippen molar-refractivity contribution in [3.05, 3.63) is 54.4 Å². The monoisotopic (exact) mass is 483 g/mol. The number of nitrogens with zero attached hydrogens (tertiary/aromatic N) is 5. The number of carbonyl (C=O) groups excluding carboxylic acids is 1. The molecule has 1 aliphatic carbocycles. The van der Waals surface area contributed by atoms with Gasteiger partial charge in [0, 0.05) is 43.0 Å².